The van der Waals surface area contributed by atoms with Gasteiger partial charge in [0.1, 0.15) is 18.1 Å². The molecule has 4 rings (SSSR count). The fourth-order valence-corrected chi connectivity index (χ4v) is 5.65. The third-order valence-corrected chi connectivity index (χ3v) is 6.59. The molecule has 0 aromatic heterocycles. The van der Waals surface area contributed by atoms with Crippen LogP contribution in [0.5, 0.6) is 11.5 Å². The van der Waals surface area contributed by atoms with Crippen molar-refractivity contribution in [3.63, 3.8) is 0 Å². The van der Waals surface area contributed by atoms with E-state index in [2.05, 4.69) is 20.7 Å². The molecule has 2 aliphatic rings. The van der Waals surface area contributed by atoms with Crippen molar-refractivity contribution in [2.45, 2.75) is 31.2 Å². The monoisotopic (exact) mass is 466 g/mol. The maximum absolute atomic E-state index is 13.2. The lowest BCUT2D eigenvalue weighted by atomic mass is 10.1. The first-order chi connectivity index (χ1) is 13.3. The van der Waals surface area contributed by atoms with Crippen LogP contribution in [-0.4, -0.2) is 33.6 Å². The number of anilines is 2. The van der Waals surface area contributed by atoms with Gasteiger partial charge in [-0.3, -0.25) is 9.52 Å². The zero-order valence-corrected chi connectivity index (χ0v) is 17.8. The molecule has 2 aromatic carbocycles. The summed E-state index contributed by atoms with van der Waals surface area (Å²) >= 11 is 3.39. The normalized spacial score (nSPS) is 18.0. The lowest BCUT2D eigenvalue weighted by Crippen LogP contribution is -2.34. The molecule has 2 aliphatic heterocycles. The van der Waals surface area contributed by atoms with Crippen molar-refractivity contribution >= 4 is 43.2 Å². The average molecular weight is 467 g/mol. The summed E-state index contributed by atoms with van der Waals surface area (Å²) in [5.74, 6) is 0.878. The molecule has 1 amide bonds. The van der Waals surface area contributed by atoms with Gasteiger partial charge in [0.25, 0.3) is 10.0 Å². The molecule has 28 heavy (non-hydrogen) atoms. The molecule has 1 N–H and O–H groups in total. The van der Waals surface area contributed by atoms with Crippen LogP contribution in [0.15, 0.2) is 39.7 Å². The lowest BCUT2D eigenvalue weighted by molar-refractivity contribution is -0.116. The fraction of sp³-hybridized carbons (Fsp3) is 0.316. The standard InChI is InChI=1S/C19H19BrN2O5S/c1-11-7-13-8-14(20)9-18(19(13)22(11)12(2)23)28(24,25)21-15-3-4-16-17(10-15)27-6-5-26-16/h3-4,8-11,21H,5-7H2,1-2H3/t11-/m0/s1. The van der Waals surface area contributed by atoms with E-state index in [1.165, 1.54) is 13.0 Å². The van der Waals surface area contributed by atoms with Gasteiger partial charge >= 0.3 is 0 Å². The number of nitrogens with one attached hydrogen (secondary N) is 1. The molecule has 0 spiro atoms. The smallest absolute Gasteiger partial charge is 0.264 e. The van der Waals surface area contributed by atoms with Crippen LogP contribution >= 0.6 is 15.9 Å². The Morgan fingerprint density at radius 3 is 2.61 bits per heavy atom. The van der Waals surface area contributed by atoms with Crippen LogP contribution < -0.4 is 19.1 Å². The van der Waals surface area contributed by atoms with Crippen molar-refractivity contribution in [3.8, 4) is 11.5 Å². The van der Waals surface area contributed by atoms with Crippen LogP contribution in [0.1, 0.15) is 19.4 Å². The highest BCUT2D eigenvalue weighted by molar-refractivity contribution is 9.10. The number of benzene rings is 2. The number of hydrogen-bond acceptors (Lipinski definition) is 5. The third-order valence-electron chi connectivity index (χ3n) is 4.74. The third kappa shape index (κ3) is 3.33. The van der Waals surface area contributed by atoms with Gasteiger partial charge in [0.2, 0.25) is 5.91 Å². The van der Waals surface area contributed by atoms with E-state index in [9.17, 15) is 13.2 Å². The van der Waals surface area contributed by atoms with E-state index in [0.717, 1.165) is 5.56 Å². The summed E-state index contributed by atoms with van der Waals surface area (Å²) in [5.41, 5.74) is 1.62. The maximum atomic E-state index is 13.2. The first kappa shape index (κ1) is 19.1. The van der Waals surface area contributed by atoms with Crippen LogP contribution in [0.2, 0.25) is 0 Å². The Kier molecular flexibility index (Phi) is 4.75. The van der Waals surface area contributed by atoms with Gasteiger partial charge in [-0.1, -0.05) is 15.9 Å². The van der Waals surface area contributed by atoms with Crippen LogP contribution in [-0.2, 0) is 21.2 Å². The van der Waals surface area contributed by atoms with Crippen molar-refractivity contribution in [2.75, 3.05) is 22.8 Å². The number of halogens is 1. The second kappa shape index (κ2) is 6.97. The van der Waals surface area contributed by atoms with Crippen LogP contribution in [0, 0.1) is 0 Å². The molecule has 0 aliphatic carbocycles. The number of carbonyl (C=O) groups is 1. The zero-order valence-electron chi connectivity index (χ0n) is 15.4. The van der Waals surface area contributed by atoms with Crippen molar-refractivity contribution in [1.29, 1.82) is 0 Å². The summed E-state index contributed by atoms with van der Waals surface area (Å²) in [7, 11) is -3.95. The minimum atomic E-state index is -3.95. The number of ether oxygens (including phenoxy) is 2. The molecular formula is C19H19BrN2O5S. The number of carbonyl (C=O) groups excluding carboxylic acids is 1. The molecule has 7 nitrogen and oxygen atoms in total. The number of nitrogens with zero attached hydrogens (tertiary/aromatic N) is 1. The Morgan fingerprint density at radius 2 is 1.89 bits per heavy atom. The summed E-state index contributed by atoms with van der Waals surface area (Å²) in [5, 5.41) is 0. The Morgan fingerprint density at radius 1 is 1.18 bits per heavy atom. The van der Waals surface area contributed by atoms with Crippen molar-refractivity contribution < 1.29 is 22.7 Å². The van der Waals surface area contributed by atoms with E-state index in [-0.39, 0.29) is 16.8 Å². The highest BCUT2D eigenvalue weighted by Gasteiger charge is 2.35. The topological polar surface area (TPSA) is 84.9 Å². The first-order valence-corrected chi connectivity index (χ1v) is 11.1. The second-order valence-electron chi connectivity index (χ2n) is 6.82. The Bertz CT molecular complexity index is 1070. The highest BCUT2D eigenvalue weighted by Crippen LogP contribution is 2.41. The summed E-state index contributed by atoms with van der Waals surface area (Å²) in [6.45, 7) is 4.22. The molecule has 0 radical (unpaired) electrons. The summed E-state index contributed by atoms with van der Waals surface area (Å²) in [6, 6.07) is 8.15. The maximum Gasteiger partial charge on any atom is 0.264 e. The van der Waals surface area contributed by atoms with Gasteiger partial charge in [0.05, 0.1) is 11.4 Å². The van der Waals surface area contributed by atoms with Gasteiger partial charge < -0.3 is 14.4 Å². The summed E-state index contributed by atoms with van der Waals surface area (Å²) < 4.78 is 40.7. The largest absolute Gasteiger partial charge is 0.486 e. The predicted octanol–water partition coefficient (Wildman–Crippen LogP) is 3.32. The van der Waals surface area contributed by atoms with Gasteiger partial charge in [0, 0.05) is 23.5 Å². The highest BCUT2D eigenvalue weighted by atomic mass is 79.9. The number of sulfonamides is 1. The zero-order chi connectivity index (χ0) is 20.1. The predicted molar refractivity (Wildman–Crippen MR) is 109 cm³/mol. The molecule has 2 heterocycles. The molecule has 2 aromatic rings. The van der Waals surface area contributed by atoms with Crippen LogP contribution in [0.3, 0.4) is 0 Å². The van der Waals surface area contributed by atoms with Crippen molar-refractivity contribution in [3.05, 3.63) is 40.4 Å². The molecule has 0 bridgehead atoms. The average Bonchev–Trinajstić information content (AvgIpc) is 2.96. The Balaban J connectivity index is 1.76. The number of amides is 1. The molecule has 1 atom stereocenters. The van der Waals surface area contributed by atoms with Gasteiger partial charge in [0.15, 0.2) is 11.5 Å². The quantitative estimate of drug-likeness (QED) is 0.749. The van der Waals surface area contributed by atoms with E-state index in [1.807, 2.05) is 13.0 Å². The van der Waals surface area contributed by atoms with Crippen LogP contribution in [0.25, 0.3) is 0 Å². The van der Waals surface area contributed by atoms with Crippen molar-refractivity contribution in [2.24, 2.45) is 0 Å². The molecule has 0 unspecified atom stereocenters. The molecule has 0 saturated carbocycles. The van der Waals surface area contributed by atoms with Gasteiger partial charge in [-0.25, -0.2) is 8.42 Å². The molecule has 9 heteroatoms. The molecule has 148 valence electrons. The van der Waals surface area contributed by atoms with E-state index in [1.54, 1.807) is 23.1 Å². The van der Waals surface area contributed by atoms with Gasteiger partial charge in [-0.05, 0) is 43.2 Å². The fourth-order valence-electron chi connectivity index (χ4n) is 3.68. The number of rotatable bonds is 3. The molecule has 0 saturated heterocycles. The first-order valence-electron chi connectivity index (χ1n) is 8.81. The Labute approximate surface area is 171 Å². The summed E-state index contributed by atoms with van der Waals surface area (Å²) in [6.07, 6.45) is 0.598. The van der Waals surface area contributed by atoms with Gasteiger partial charge in [-0.2, -0.15) is 0 Å². The SMILES string of the molecule is CC(=O)N1c2c(cc(Br)cc2S(=O)(=O)Nc2ccc3c(c2)OCCO3)C[C@@H]1C. The van der Waals surface area contributed by atoms with E-state index in [4.69, 9.17) is 9.47 Å². The number of fused-ring (bicyclic) bond motifs is 2. The minimum Gasteiger partial charge on any atom is -0.486 e. The van der Waals surface area contributed by atoms with E-state index < -0.39 is 10.0 Å². The number of hydrogen-bond donors (Lipinski definition) is 1. The molecular weight excluding hydrogens is 448 g/mol. The minimum absolute atomic E-state index is 0.0614. The Hall–Kier alpha value is -2.26. The summed E-state index contributed by atoms with van der Waals surface area (Å²) in [4.78, 5) is 13.8. The molecule has 0 fully saturated rings. The second-order valence-corrected chi connectivity index (χ2v) is 9.38. The van der Waals surface area contributed by atoms with E-state index >= 15 is 0 Å². The van der Waals surface area contributed by atoms with Crippen LogP contribution in [0.4, 0.5) is 11.4 Å². The van der Waals surface area contributed by atoms with Crippen molar-refractivity contribution in [1.82, 2.24) is 0 Å². The lowest BCUT2D eigenvalue weighted by Gasteiger charge is -2.23. The van der Waals surface area contributed by atoms with Gasteiger partial charge in [-0.15, -0.1) is 0 Å². The van der Waals surface area contributed by atoms with E-state index in [0.29, 0.717) is 47.0 Å².